The molecular weight excluding hydrogens is 280 g/mol. The average molecular weight is 310 g/mol. The number of benzene rings is 2. The number of aryl methyl sites for hydroxylation is 2. The molecule has 2 rings (SSSR count). The molecule has 2 aromatic carbocycles. The minimum Gasteiger partial charge on any atom is -0.508 e. The van der Waals surface area contributed by atoms with E-state index in [0.717, 1.165) is 12.8 Å². The lowest BCUT2D eigenvalue weighted by atomic mass is 9.79. The van der Waals surface area contributed by atoms with Crippen LogP contribution < -0.4 is 0 Å². The number of hydrogen-bond donors (Lipinski definition) is 1. The van der Waals surface area contributed by atoms with Crippen LogP contribution in [0.25, 0.3) is 0 Å². The predicted molar refractivity (Wildman–Crippen MR) is 99.4 cm³/mol. The molecule has 2 aromatic rings. The molecule has 1 N–H and O–H groups in total. The summed E-state index contributed by atoms with van der Waals surface area (Å²) in [6.07, 6.45) is 2.02. The normalized spacial score (nSPS) is 12.4. The van der Waals surface area contributed by atoms with Crippen molar-refractivity contribution in [3.8, 4) is 5.75 Å². The largest absolute Gasteiger partial charge is 0.508 e. The molecule has 23 heavy (non-hydrogen) atoms. The number of rotatable bonds is 3. The standard InChI is InChI=1S/C22H30O/c1-21(2,3)18-13-17(14-19(15-18)22(4,5)6)8-7-16-9-11-20(23)12-10-16/h9-15,23H,7-8H2,1-6H3. The molecule has 124 valence electrons. The van der Waals surface area contributed by atoms with Crippen LogP contribution in [0, 0.1) is 0 Å². The zero-order valence-corrected chi connectivity index (χ0v) is 15.4. The van der Waals surface area contributed by atoms with Crippen LogP contribution in [-0.2, 0) is 23.7 Å². The molecule has 0 aliphatic carbocycles. The Bertz CT molecular complexity index is 620. The Labute approximate surface area is 141 Å². The molecule has 0 bridgehead atoms. The molecule has 0 amide bonds. The summed E-state index contributed by atoms with van der Waals surface area (Å²) in [6, 6.07) is 14.6. The maximum absolute atomic E-state index is 9.39. The Balaban J connectivity index is 2.28. The van der Waals surface area contributed by atoms with Gasteiger partial charge in [-0.15, -0.1) is 0 Å². The molecule has 1 heteroatoms. The van der Waals surface area contributed by atoms with Gasteiger partial charge in [-0.1, -0.05) is 71.9 Å². The first kappa shape index (κ1) is 17.6. The molecule has 0 unspecified atom stereocenters. The van der Waals surface area contributed by atoms with Gasteiger partial charge in [0.05, 0.1) is 0 Å². The summed E-state index contributed by atoms with van der Waals surface area (Å²) in [5, 5.41) is 9.39. The van der Waals surface area contributed by atoms with Gasteiger partial charge in [0.1, 0.15) is 5.75 Å². The lowest BCUT2D eigenvalue weighted by Crippen LogP contribution is -2.17. The molecule has 0 radical (unpaired) electrons. The molecule has 1 nitrogen and oxygen atoms in total. The van der Waals surface area contributed by atoms with Crippen LogP contribution in [0.4, 0.5) is 0 Å². The first-order chi connectivity index (χ1) is 10.6. The Kier molecular flexibility index (Phi) is 4.89. The molecule has 0 aliphatic rings. The van der Waals surface area contributed by atoms with Gasteiger partial charge in [-0.3, -0.25) is 0 Å². The third-order valence-corrected chi connectivity index (χ3v) is 4.36. The number of aromatic hydroxyl groups is 1. The number of phenols is 1. The summed E-state index contributed by atoms with van der Waals surface area (Å²) in [6.45, 7) is 13.7. The third-order valence-electron chi connectivity index (χ3n) is 4.36. The van der Waals surface area contributed by atoms with Gasteiger partial charge in [0.15, 0.2) is 0 Å². The second kappa shape index (κ2) is 6.39. The maximum Gasteiger partial charge on any atom is 0.115 e. The van der Waals surface area contributed by atoms with Gasteiger partial charge in [-0.05, 0) is 58.1 Å². The van der Waals surface area contributed by atoms with Crippen molar-refractivity contribution >= 4 is 0 Å². The van der Waals surface area contributed by atoms with E-state index in [1.54, 1.807) is 12.1 Å². The first-order valence-electron chi connectivity index (χ1n) is 8.48. The smallest absolute Gasteiger partial charge is 0.115 e. The highest BCUT2D eigenvalue weighted by molar-refractivity contribution is 5.38. The van der Waals surface area contributed by atoms with Gasteiger partial charge in [-0.2, -0.15) is 0 Å². The predicted octanol–water partition coefficient (Wildman–Crippen LogP) is 5.77. The number of hydrogen-bond acceptors (Lipinski definition) is 1. The van der Waals surface area contributed by atoms with E-state index < -0.39 is 0 Å². The minimum atomic E-state index is 0.161. The fourth-order valence-electron chi connectivity index (χ4n) is 2.65. The lowest BCUT2D eigenvalue weighted by Gasteiger charge is -2.26. The van der Waals surface area contributed by atoms with Gasteiger partial charge in [-0.25, -0.2) is 0 Å². The molecule has 0 fully saturated rings. The Morgan fingerprint density at radius 3 is 1.52 bits per heavy atom. The summed E-state index contributed by atoms with van der Waals surface area (Å²) in [5.74, 6) is 0.332. The molecule has 0 atom stereocenters. The van der Waals surface area contributed by atoms with Crippen LogP contribution in [0.15, 0.2) is 42.5 Å². The third kappa shape index (κ3) is 4.86. The van der Waals surface area contributed by atoms with E-state index >= 15 is 0 Å². The monoisotopic (exact) mass is 310 g/mol. The summed E-state index contributed by atoms with van der Waals surface area (Å²) >= 11 is 0. The number of phenolic OH excluding ortho intramolecular Hbond substituents is 1. The molecule has 0 aromatic heterocycles. The van der Waals surface area contributed by atoms with Gasteiger partial charge < -0.3 is 5.11 Å². The van der Waals surface area contributed by atoms with Gasteiger partial charge in [0.25, 0.3) is 0 Å². The van der Waals surface area contributed by atoms with Crippen LogP contribution in [-0.4, -0.2) is 5.11 Å². The van der Waals surface area contributed by atoms with E-state index in [9.17, 15) is 5.11 Å². The molecular formula is C22H30O. The van der Waals surface area contributed by atoms with Crippen molar-refractivity contribution in [1.82, 2.24) is 0 Å². The summed E-state index contributed by atoms with van der Waals surface area (Å²) in [4.78, 5) is 0. The molecule has 0 saturated heterocycles. The summed E-state index contributed by atoms with van der Waals surface area (Å²) in [5.41, 5.74) is 5.80. The lowest BCUT2D eigenvalue weighted by molar-refractivity contribution is 0.475. The zero-order chi connectivity index (χ0) is 17.3. The second-order valence-electron chi connectivity index (χ2n) is 8.59. The van der Waals surface area contributed by atoms with Crippen LogP contribution in [0.1, 0.15) is 63.8 Å². The van der Waals surface area contributed by atoms with Crippen molar-refractivity contribution in [2.45, 2.75) is 65.2 Å². The van der Waals surface area contributed by atoms with Crippen LogP contribution in [0.3, 0.4) is 0 Å². The van der Waals surface area contributed by atoms with Gasteiger partial charge in [0.2, 0.25) is 0 Å². The fraction of sp³-hybridized carbons (Fsp3) is 0.455. The van der Waals surface area contributed by atoms with Crippen LogP contribution in [0.5, 0.6) is 5.75 Å². The van der Waals surface area contributed by atoms with Crippen LogP contribution in [0.2, 0.25) is 0 Å². The Morgan fingerprint density at radius 1 is 0.652 bits per heavy atom. The van der Waals surface area contributed by atoms with Crippen molar-refractivity contribution in [2.24, 2.45) is 0 Å². The minimum absolute atomic E-state index is 0.161. The summed E-state index contributed by atoms with van der Waals surface area (Å²) in [7, 11) is 0. The average Bonchev–Trinajstić information content (AvgIpc) is 2.44. The van der Waals surface area contributed by atoms with E-state index in [1.165, 1.54) is 22.3 Å². The summed E-state index contributed by atoms with van der Waals surface area (Å²) < 4.78 is 0. The quantitative estimate of drug-likeness (QED) is 0.762. The molecule has 0 saturated carbocycles. The first-order valence-corrected chi connectivity index (χ1v) is 8.48. The molecule has 0 aliphatic heterocycles. The molecule has 0 heterocycles. The van der Waals surface area contributed by atoms with Crippen molar-refractivity contribution in [1.29, 1.82) is 0 Å². The van der Waals surface area contributed by atoms with Crippen molar-refractivity contribution < 1.29 is 5.11 Å². The Morgan fingerprint density at radius 2 is 1.09 bits per heavy atom. The highest BCUT2D eigenvalue weighted by Crippen LogP contribution is 2.30. The van der Waals surface area contributed by atoms with E-state index in [0.29, 0.717) is 5.75 Å². The zero-order valence-electron chi connectivity index (χ0n) is 15.4. The van der Waals surface area contributed by atoms with Crippen molar-refractivity contribution in [2.75, 3.05) is 0 Å². The Hall–Kier alpha value is -1.76. The molecule has 0 spiro atoms. The fourth-order valence-corrected chi connectivity index (χ4v) is 2.65. The van der Waals surface area contributed by atoms with Gasteiger partial charge >= 0.3 is 0 Å². The SMILES string of the molecule is CC(C)(C)c1cc(CCc2ccc(O)cc2)cc(C(C)(C)C)c1. The highest BCUT2D eigenvalue weighted by Gasteiger charge is 2.20. The van der Waals surface area contributed by atoms with Crippen molar-refractivity contribution in [3.05, 3.63) is 64.7 Å². The van der Waals surface area contributed by atoms with E-state index in [4.69, 9.17) is 0 Å². The van der Waals surface area contributed by atoms with E-state index in [-0.39, 0.29) is 10.8 Å². The topological polar surface area (TPSA) is 20.2 Å². The maximum atomic E-state index is 9.39. The van der Waals surface area contributed by atoms with Crippen molar-refractivity contribution in [3.63, 3.8) is 0 Å². The van der Waals surface area contributed by atoms with E-state index in [1.807, 2.05) is 12.1 Å². The second-order valence-corrected chi connectivity index (χ2v) is 8.59. The van der Waals surface area contributed by atoms with E-state index in [2.05, 4.69) is 59.7 Å². The van der Waals surface area contributed by atoms with Crippen LogP contribution >= 0.6 is 0 Å². The highest BCUT2D eigenvalue weighted by atomic mass is 16.3. The van der Waals surface area contributed by atoms with Gasteiger partial charge in [0, 0.05) is 0 Å².